The Labute approximate surface area is 125 Å². The molecule has 0 saturated carbocycles. The Balaban J connectivity index is 2.51. The number of hydrogen-bond donors (Lipinski definition) is 1. The summed E-state index contributed by atoms with van der Waals surface area (Å²) in [4.78, 5) is 24.1. The third-order valence-electron chi connectivity index (χ3n) is 3.14. The van der Waals surface area contributed by atoms with E-state index in [0.717, 1.165) is 13.0 Å². The molecule has 0 aliphatic carbocycles. The quantitative estimate of drug-likeness (QED) is 0.453. The summed E-state index contributed by atoms with van der Waals surface area (Å²) >= 11 is 0. The number of nitrogens with one attached hydrogen (secondary N) is 1. The highest BCUT2D eigenvalue weighted by atomic mass is 16.6. The Kier molecular flexibility index (Phi) is 6.81. The van der Waals surface area contributed by atoms with Crippen molar-refractivity contribution >= 4 is 11.6 Å². The largest absolute Gasteiger partial charge is 0.341 e. The lowest BCUT2D eigenvalue weighted by Gasteiger charge is -2.17. The molecule has 1 aromatic carbocycles. The fraction of sp³-hybridized carbons (Fsp3) is 0.533. The Morgan fingerprint density at radius 1 is 1.38 bits per heavy atom. The maximum atomic E-state index is 12.0. The molecule has 0 bridgehead atoms. The van der Waals surface area contributed by atoms with Crippen molar-refractivity contribution in [1.82, 2.24) is 10.2 Å². The maximum absolute atomic E-state index is 12.0. The standard InChI is InChI=1S/C15H23N3O3/c1-12(2)16-10-6-9-15(19)17(3)11-13-7-4-5-8-14(13)18(20)21/h4-5,7-8,12,16H,6,9-11H2,1-3H3. The van der Waals surface area contributed by atoms with Crippen molar-refractivity contribution in [2.24, 2.45) is 0 Å². The molecule has 21 heavy (non-hydrogen) atoms. The van der Waals surface area contributed by atoms with Gasteiger partial charge in [-0.05, 0) is 13.0 Å². The minimum Gasteiger partial charge on any atom is -0.341 e. The van der Waals surface area contributed by atoms with Gasteiger partial charge in [-0.15, -0.1) is 0 Å². The fourth-order valence-electron chi connectivity index (χ4n) is 1.99. The van der Waals surface area contributed by atoms with Gasteiger partial charge in [-0.2, -0.15) is 0 Å². The van der Waals surface area contributed by atoms with Crippen molar-refractivity contribution in [3.63, 3.8) is 0 Å². The second-order valence-corrected chi connectivity index (χ2v) is 5.35. The van der Waals surface area contributed by atoms with E-state index in [0.29, 0.717) is 18.0 Å². The molecular formula is C15H23N3O3. The summed E-state index contributed by atoms with van der Waals surface area (Å²) in [6.45, 7) is 5.17. The summed E-state index contributed by atoms with van der Waals surface area (Å²) in [6, 6.07) is 6.92. The highest BCUT2D eigenvalue weighted by Crippen LogP contribution is 2.19. The van der Waals surface area contributed by atoms with Crippen LogP contribution in [0.2, 0.25) is 0 Å². The van der Waals surface area contributed by atoms with Crippen molar-refractivity contribution in [2.45, 2.75) is 39.3 Å². The number of benzene rings is 1. The molecule has 1 N–H and O–H groups in total. The Morgan fingerprint density at radius 3 is 2.67 bits per heavy atom. The summed E-state index contributed by atoms with van der Waals surface area (Å²) in [5, 5.41) is 14.2. The maximum Gasteiger partial charge on any atom is 0.274 e. The molecular weight excluding hydrogens is 270 g/mol. The number of para-hydroxylation sites is 1. The van der Waals surface area contributed by atoms with Gasteiger partial charge in [0.15, 0.2) is 0 Å². The van der Waals surface area contributed by atoms with Crippen LogP contribution >= 0.6 is 0 Å². The summed E-state index contributed by atoms with van der Waals surface area (Å²) in [5.41, 5.74) is 0.609. The van der Waals surface area contributed by atoms with E-state index in [9.17, 15) is 14.9 Å². The number of nitro groups is 1. The van der Waals surface area contributed by atoms with Crippen LogP contribution in [-0.4, -0.2) is 35.4 Å². The lowest BCUT2D eigenvalue weighted by molar-refractivity contribution is -0.385. The predicted octanol–water partition coefficient (Wildman–Crippen LogP) is 2.33. The molecule has 0 spiro atoms. The van der Waals surface area contributed by atoms with E-state index in [-0.39, 0.29) is 18.1 Å². The summed E-state index contributed by atoms with van der Waals surface area (Å²) in [6.07, 6.45) is 1.20. The highest BCUT2D eigenvalue weighted by molar-refractivity contribution is 5.76. The first-order valence-electron chi connectivity index (χ1n) is 7.11. The van der Waals surface area contributed by atoms with Crippen LogP contribution in [0, 0.1) is 10.1 Å². The van der Waals surface area contributed by atoms with Gasteiger partial charge < -0.3 is 10.2 Å². The Morgan fingerprint density at radius 2 is 2.05 bits per heavy atom. The predicted molar refractivity (Wildman–Crippen MR) is 81.9 cm³/mol. The molecule has 0 unspecified atom stereocenters. The molecule has 0 aliphatic rings. The molecule has 1 rings (SSSR count). The first-order valence-corrected chi connectivity index (χ1v) is 7.11. The number of carbonyl (C=O) groups excluding carboxylic acids is 1. The molecule has 0 aromatic heterocycles. The molecule has 1 aromatic rings. The van der Waals surface area contributed by atoms with Crippen LogP contribution in [-0.2, 0) is 11.3 Å². The second-order valence-electron chi connectivity index (χ2n) is 5.35. The van der Waals surface area contributed by atoms with Crippen LogP contribution in [0.25, 0.3) is 0 Å². The van der Waals surface area contributed by atoms with Crippen LogP contribution in [0.4, 0.5) is 5.69 Å². The van der Waals surface area contributed by atoms with Crippen molar-refractivity contribution in [2.75, 3.05) is 13.6 Å². The number of nitro benzene ring substituents is 1. The molecule has 0 saturated heterocycles. The van der Waals surface area contributed by atoms with E-state index in [1.165, 1.54) is 11.0 Å². The van der Waals surface area contributed by atoms with Gasteiger partial charge in [0.2, 0.25) is 5.91 Å². The van der Waals surface area contributed by atoms with Crippen LogP contribution in [0.15, 0.2) is 24.3 Å². The Bertz CT molecular complexity index is 489. The average molecular weight is 293 g/mol. The zero-order chi connectivity index (χ0) is 15.8. The van der Waals surface area contributed by atoms with Crippen LogP contribution < -0.4 is 5.32 Å². The monoisotopic (exact) mass is 293 g/mol. The molecule has 116 valence electrons. The minimum absolute atomic E-state index is 0.00120. The number of hydrogen-bond acceptors (Lipinski definition) is 4. The smallest absolute Gasteiger partial charge is 0.274 e. The summed E-state index contributed by atoms with van der Waals surface area (Å²) in [7, 11) is 1.68. The number of amides is 1. The van der Waals surface area contributed by atoms with Gasteiger partial charge >= 0.3 is 0 Å². The Hall–Kier alpha value is -1.95. The van der Waals surface area contributed by atoms with Crippen molar-refractivity contribution < 1.29 is 9.72 Å². The van der Waals surface area contributed by atoms with E-state index in [1.807, 2.05) is 0 Å². The van der Waals surface area contributed by atoms with Gasteiger partial charge in [-0.3, -0.25) is 14.9 Å². The van der Waals surface area contributed by atoms with E-state index < -0.39 is 4.92 Å². The first kappa shape index (κ1) is 17.1. The van der Waals surface area contributed by atoms with Gasteiger partial charge in [0.05, 0.1) is 11.5 Å². The first-order chi connectivity index (χ1) is 9.91. The van der Waals surface area contributed by atoms with E-state index in [1.54, 1.807) is 25.2 Å². The summed E-state index contributed by atoms with van der Waals surface area (Å²) < 4.78 is 0. The molecule has 6 nitrogen and oxygen atoms in total. The number of rotatable bonds is 8. The lowest BCUT2D eigenvalue weighted by Crippen LogP contribution is -2.28. The van der Waals surface area contributed by atoms with Gasteiger partial charge in [0.1, 0.15) is 0 Å². The van der Waals surface area contributed by atoms with Crippen molar-refractivity contribution in [1.29, 1.82) is 0 Å². The van der Waals surface area contributed by atoms with Crippen LogP contribution in [0.3, 0.4) is 0 Å². The summed E-state index contributed by atoms with van der Waals surface area (Å²) in [5.74, 6) is -0.00120. The molecule has 0 atom stereocenters. The minimum atomic E-state index is -0.416. The molecule has 0 fully saturated rings. The molecule has 6 heteroatoms. The van der Waals surface area contributed by atoms with E-state index in [4.69, 9.17) is 0 Å². The second kappa shape index (κ2) is 8.36. The zero-order valence-corrected chi connectivity index (χ0v) is 12.8. The lowest BCUT2D eigenvalue weighted by atomic mass is 10.1. The molecule has 1 amide bonds. The van der Waals surface area contributed by atoms with Gasteiger partial charge in [0.25, 0.3) is 5.69 Å². The SMILES string of the molecule is CC(C)NCCCC(=O)N(C)Cc1ccccc1[N+](=O)[O-]. The number of carbonyl (C=O) groups is 1. The number of nitrogens with zero attached hydrogens (tertiary/aromatic N) is 2. The molecule has 0 heterocycles. The fourth-order valence-corrected chi connectivity index (χ4v) is 1.99. The van der Waals surface area contributed by atoms with Gasteiger partial charge in [-0.1, -0.05) is 32.0 Å². The average Bonchev–Trinajstić information content (AvgIpc) is 2.43. The molecule has 0 radical (unpaired) electrons. The van der Waals surface area contributed by atoms with Crippen molar-refractivity contribution in [3.8, 4) is 0 Å². The third kappa shape index (κ3) is 5.91. The van der Waals surface area contributed by atoms with E-state index >= 15 is 0 Å². The normalized spacial score (nSPS) is 10.7. The van der Waals surface area contributed by atoms with Gasteiger partial charge in [-0.25, -0.2) is 0 Å². The van der Waals surface area contributed by atoms with Crippen LogP contribution in [0.5, 0.6) is 0 Å². The third-order valence-corrected chi connectivity index (χ3v) is 3.14. The van der Waals surface area contributed by atoms with Crippen molar-refractivity contribution in [3.05, 3.63) is 39.9 Å². The van der Waals surface area contributed by atoms with Crippen LogP contribution in [0.1, 0.15) is 32.3 Å². The van der Waals surface area contributed by atoms with Gasteiger partial charge in [0, 0.05) is 31.1 Å². The van der Waals surface area contributed by atoms with E-state index in [2.05, 4.69) is 19.2 Å². The molecule has 0 aliphatic heterocycles. The topological polar surface area (TPSA) is 75.5 Å². The highest BCUT2D eigenvalue weighted by Gasteiger charge is 2.16. The zero-order valence-electron chi connectivity index (χ0n) is 12.8.